The summed E-state index contributed by atoms with van der Waals surface area (Å²) >= 11 is 0. The van der Waals surface area contributed by atoms with E-state index < -0.39 is 0 Å². The number of carbonyl (C=O) groups excluding carboxylic acids is 1. The van der Waals surface area contributed by atoms with Crippen molar-refractivity contribution in [2.75, 3.05) is 5.32 Å². The van der Waals surface area contributed by atoms with Crippen LogP contribution in [0.1, 0.15) is 16.1 Å². The van der Waals surface area contributed by atoms with E-state index in [1.54, 1.807) is 6.07 Å². The van der Waals surface area contributed by atoms with Crippen LogP contribution in [-0.4, -0.2) is 15.9 Å². The third kappa shape index (κ3) is 3.35. The van der Waals surface area contributed by atoms with Crippen LogP contribution in [0.15, 0.2) is 87.9 Å². The molecule has 0 unspecified atom stereocenters. The Morgan fingerprint density at radius 1 is 0.900 bits per heavy atom. The number of para-hydroxylation sites is 1. The average molecular weight is 395 g/mol. The zero-order valence-corrected chi connectivity index (χ0v) is 16.1. The van der Waals surface area contributed by atoms with Crippen LogP contribution in [0.4, 0.5) is 6.01 Å². The van der Waals surface area contributed by atoms with Gasteiger partial charge < -0.3 is 8.83 Å². The number of aromatic nitrogens is 2. The maximum atomic E-state index is 13.1. The van der Waals surface area contributed by atoms with Gasteiger partial charge in [-0.2, -0.15) is 4.98 Å². The molecule has 0 bridgehead atoms. The van der Waals surface area contributed by atoms with Crippen molar-refractivity contribution in [3.8, 4) is 22.7 Å². The fourth-order valence-electron chi connectivity index (χ4n) is 3.30. The second-order valence-electron chi connectivity index (χ2n) is 6.84. The number of carbonyl (C=O) groups is 1. The van der Waals surface area contributed by atoms with Crippen molar-refractivity contribution >= 4 is 22.8 Å². The largest absolute Gasteiger partial charge is 0.460 e. The van der Waals surface area contributed by atoms with Gasteiger partial charge in [0, 0.05) is 10.9 Å². The zero-order chi connectivity index (χ0) is 20.5. The predicted octanol–water partition coefficient (Wildman–Crippen LogP) is 5.71. The highest BCUT2D eigenvalue weighted by atomic mass is 16.4. The molecular formula is C24H17N3O3. The van der Waals surface area contributed by atoms with E-state index in [1.807, 2.05) is 73.7 Å². The molecule has 6 heteroatoms. The molecule has 30 heavy (non-hydrogen) atoms. The third-order valence-electron chi connectivity index (χ3n) is 4.75. The maximum Gasteiger partial charge on any atom is 0.302 e. The Bertz CT molecular complexity index is 1350. The van der Waals surface area contributed by atoms with Gasteiger partial charge in [0.1, 0.15) is 23.4 Å². The quantitative estimate of drug-likeness (QED) is 0.421. The summed E-state index contributed by atoms with van der Waals surface area (Å²) in [5.41, 5.74) is 3.31. The number of amides is 1. The highest BCUT2D eigenvalue weighted by Gasteiger charge is 2.17. The molecule has 0 fully saturated rings. The second kappa shape index (κ2) is 7.33. The van der Waals surface area contributed by atoms with E-state index in [1.165, 1.54) is 6.26 Å². The predicted molar refractivity (Wildman–Crippen MR) is 114 cm³/mol. The molecular weight excluding hydrogens is 378 g/mol. The molecule has 1 amide bonds. The van der Waals surface area contributed by atoms with Crippen LogP contribution < -0.4 is 5.32 Å². The molecule has 0 spiro atoms. The minimum absolute atomic E-state index is 0.134. The number of nitrogens with one attached hydrogen (secondary N) is 1. The Morgan fingerprint density at radius 2 is 1.70 bits per heavy atom. The van der Waals surface area contributed by atoms with E-state index in [0.717, 1.165) is 16.7 Å². The summed E-state index contributed by atoms with van der Waals surface area (Å²) in [5, 5.41) is 3.48. The monoisotopic (exact) mass is 395 g/mol. The number of oxazole rings is 1. The van der Waals surface area contributed by atoms with Gasteiger partial charge in [0.2, 0.25) is 0 Å². The minimum Gasteiger partial charge on any atom is -0.460 e. The molecule has 0 atom stereocenters. The fourth-order valence-corrected chi connectivity index (χ4v) is 3.30. The summed E-state index contributed by atoms with van der Waals surface area (Å²) < 4.78 is 11.2. The van der Waals surface area contributed by atoms with Crippen LogP contribution in [0.25, 0.3) is 33.6 Å². The van der Waals surface area contributed by atoms with Crippen LogP contribution in [0.2, 0.25) is 0 Å². The molecule has 6 nitrogen and oxygen atoms in total. The molecule has 5 aromatic rings. The molecule has 0 aliphatic rings. The van der Waals surface area contributed by atoms with Crippen LogP contribution in [0, 0.1) is 6.92 Å². The van der Waals surface area contributed by atoms with Gasteiger partial charge in [0.05, 0.1) is 11.1 Å². The molecule has 2 aromatic carbocycles. The first-order chi connectivity index (χ1) is 14.7. The van der Waals surface area contributed by atoms with Crippen molar-refractivity contribution in [1.29, 1.82) is 0 Å². The Labute approximate surface area is 172 Å². The number of pyridine rings is 1. The van der Waals surface area contributed by atoms with E-state index in [4.69, 9.17) is 8.83 Å². The molecule has 3 aromatic heterocycles. The molecule has 0 aliphatic carbocycles. The van der Waals surface area contributed by atoms with Crippen LogP contribution in [0.5, 0.6) is 0 Å². The van der Waals surface area contributed by atoms with Gasteiger partial charge in [-0.3, -0.25) is 10.1 Å². The van der Waals surface area contributed by atoms with Gasteiger partial charge in [-0.05, 0) is 31.2 Å². The topological polar surface area (TPSA) is 81.2 Å². The standard InChI is InChI=1S/C24H17N3O3/c1-15-11-12-22(30-15)20-13-18(17-9-5-6-10-19(17)25-20)23(28)27-24-26-21(14-29-24)16-7-3-2-4-8-16/h2-14H,1H3,(H,26,27,28). The number of anilines is 1. The van der Waals surface area contributed by atoms with Crippen molar-refractivity contribution in [3.63, 3.8) is 0 Å². The minimum atomic E-state index is -0.334. The van der Waals surface area contributed by atoms with Crippen LogP contribution >= 0.6 is 0 Å². The highest BCUT2D eigenvalue weighted by Crippen LogP contribution is 2.27. The van der Waals surface area contributed by atoms with E-state index in [2.05, 4.69) is 15.3 Å². The van der Waals surface area contributed by atoms with Gasteiger partial charge in [-0.15, -0.1) is 0 Å². The highest BCUT2D eigenvalue weighted by molar-refractivity contribution is 6.12. The average Bonchev–Trinajstić information content (AvgIpc) is 3.42. The van der Waals surface area contributed by atoms with E-state index in [0.29, 0.717) is 28.2 Å². The lowest BCUT2D eigenvalue weighted by Crippen LogP contribution is -2.13. The maximum absolute atomic E-state index is 13.1. The van der Waals surface area contributed by atoms with Crippen molar-refractivity contribution < 1.29 is 13.6 Å². The number of fused-ring (bicyclic) bond motifs is 1. The van der Waals surface area contributed by atoms with Crippen molar-refractivity contribution in [1.82, 2.24) is 9.97 Å². The first-order valence-corrected chi connectivity index (χ1v) is 9.46. The summed E-state index contributed by atoms with van der Waals surface area (Å²) in [6, 6.07) is 22.7. The molecule has 146 valence electrons. The van der Waals surface area contributed by atoms with Crippen molar-refractivity contribution in [2.45, 2.75) is 6.92 Å². The van der Waals surface area contributed by atoms with Gasteiger partial charge in [-0.25, -0.2) is 4.98 Å². The Morgan fingerprint density at radius 3 is 2.50 bits per heavy atom. The Hall–Kier alpha value is -4.19. The summed E-state index contributed by atoms with van der Waals surface area (Å²) in [5.74, 6) is 1.05. The number of aryl methyl sites for hydroxylation is 1. The number of furan rings is 1. The lowest BCUT2D eigenvalue weighted by atomic mass is 10.1. The van der Waals surface area contributed by atoms with E-state index in [-0.39, 0.29) is 11.9 Å². The molecule has 1 N–H and O–H groups in total. The summed E-state index contributed by atoms with van der Waals surface area (Å²) in [4.78, 5) is 22.1. The molecule has 0 saturated carbocycles. The van der Waals surface area contributed by atoms with Gasteiger partial charge in [0.15, 0.2) is 5.76 Å². The number of hydrogen-bond donors (Lipinski definition) is 1. The Balaban J connectivity index is 1.51. The lowest BCUT2D eigenvalue weighted by Gasteiger charge is -2.08. The third-order valence-corrected chi connectivity index (χ3v) is 4.75. The Kier molecular flexibility index (Phi) is 4.37. The summed E-state index contributed by atoms with van der Waals surface area (Å²) in [7, 11) is 0. The van der Waals surface area contributed by atoms with E-state index >= 15 is 0 Å². The smallest absolute Gasteiger partial charge is 0.302 e. The molecule has 5 rings (SSSR count). The molecule has 3 heterocycles. The first-order valence-electron chi connectivity index (χ1n) is 9.46. The first kappa shape index (κ1) is 17.9. The molecule has 0 saturated heterocycles. The second-order valence-corrected chi connectivity index (χ2v) is 6.84. The summed E-state index contributed by atoms with van der Waals surface area (Å²) in [6.07, 6.45) is 1.52. The molecule has 0 radical (unpaired) electrons. The van der Waals surface area contributed by atoms with Crippen LogP contribution in [-0.2, 0) is 0 Å². The van der Waals surface area contributed by atoms with Crippen molar-refractivity contribution in [3.05, 3.63) is 90.4 Å². The normalized spacial score (nSPS) is 11.0. The van der Waals surface area contributed by atoms with Crippen molar-refractivity contribution in [2.24, 2.45) is 0 Å². The zero-order valence-electron chi connectivity index (χ0n) is 16.1. The molecule has 0 aliphatic heterocycles. The number of nitrogens with zero attached hydrogens (tertiary/aromatic N) is 2. The lowest BCUT2D eigenvalue weighted by molar-refractivity contribution is 0.102. The number of rotatable bonds is 4. The van der Waals surface area contributed by atoms with Gasteiger partial charge in [-0.1, -0.05) is 48.5 Å². The number of hydrogen-bond acceptors (Lipinski definition) is 5. The van der Waals surface area contributed by atoms with E-state index in [9.17, 15) is 4.79 Å². The van der Waals surface area contributed by atoms with Crippen LogP contribution in [0.3, 0.4) is 0 Å². The van der Waals surface area contributed by atoms with Gasteiger partial charge in [0.25, 0.3) is 5.91 Å². The summed E-state index contributed by atoms with van der Waals surface area (Å²) in [6.45, 7) is 1.87. The number of benzene rings is 2. The SMILES string of the molecule is Cc1ccc(-c2cc(C(=O)Nc3nc(-c4ccccc4)co3)c3ccccc3n2)o1. The van der Waals surface area contributed by atoms with Gasteiger partial charge >= 0.3 is 6.01 Å². The fraction of sp³-hybridized carbons (Fsp3) is 0.0417.